The van der Waals surface area contributed by atoms with Gasteiger partial charge in [-0.1, -0.05) is 62.5 Å². The first-order valence-corrected chi connectivity index (χ1v) is 15.3. The van der Waals surface area contributed by atoms with Crippen LogP contribution < -0.4 is 15.2 Å². The fourth-order valence-electron chi connectivity index (χ4n) is 3.92. The second-order valence-electron chi connectivity index (χ2n) is 13.3. The Hall–Kier alpha value is -4.08. The second kappa shape index (κ2) is 19.8. The van der Waals surface area contributed by atoms with E-state index in [4.69, 9.17) is 38.4 Å². The van der Waals surface area contributed by atoms with Crippen LogP contribution in [0, 0.1) is 21.4 Å². The first-order chi connectivity index (χ1) is 21.3. The van der Waals surface area contributed by atoms with Crippen LogP contribution in [0.4, 0.5) is 15.3 Å². The predicted molar refractivity (Wildman–Crippen MR) is 194 cm³/mol. The van der Waals surface area contributed by atoms with Crippen LogP contribution in [0.1, 0.15) is 106 Å². The van der Waals surface area contributed by atoms with E-state index in [0.717, 1.165) is 18.7 Å². The Morgan fingerprint density at radius 1 is 0.796 bits per heavy atom. The molecule has 2 N–H and O–H groups in total. The van der Waals surface area contributed by atoms with Gasteiger partial charge in [0.1, 0.15) is 11.5 Å². The van der Waals surface area contributed by atoms with Crippen LogP contribution in [0.25, 0.3) is 0 Å². The van der Waals surface area contributed by atoms with Gasteiger partial charge in [-0.3, -0.25) is 14.9 Å². The zero-order chi connectivity index (χ0) is 37.1. The van der Waals surface area contributed by atoms with Crippen LogP contribution >= 0.6 is 23.2 Å². The fourth-order valence-corrected chi connectivity index (χ4v) is 3.92. The van der Waals surface area contributed by atoms with Crippen molar-refractivity contribution in [3.8, 4) is 17.6 Å². The average Bonchev–Trinajstić information content (AvgIpc) is 2.96. The molecule has 0 aliphatic carbocycles. The summed E-state index contributed by atoms with van der Waals surface area (Å²) in [5.41, 5.74) is 5.06. The molecule has 1 amide bonds. The molecule has 0 saturated heterocycles. The number of halogens is 2. The number of alkyl halides is 2. The minimum Gasteiger partial charge on any atom is -0.437 e. The van der Waals surface area contributed by atoms with Gasteiger partial charge < -0.3 is 24.7 Å². The largest absolute Gasteiger partial charge is 0.513 e. The van der Waals surface area contributed by atoms with Gasteiger partial charge in [0.05, 0.1) is 47.4 Å². The summed E-state index contributed by atoms with van der Waals surface area (Å²) >= 11 is 9.53. The summed E-state index contributed by atoms with van der Waals surface area (Å²) in [5, 5.41) is 20.9. The second-order valence-corrected chi connectivity index (χ2v) is 14.1. The number of nitrogens with zero attached hydrogens (tertiary/aromatic N) is 2. The van der Waals surface area contributed by atoms with Gasteiger partial charge in [-0.25, -0.2) is 9.59 Å². The number of nitro groups is 1. The number of hydrogen-bond donors (Lipinski definition) is 1. The van der Waals surface area contributed by atoms with E-state index >= 15 is 0 Å². The number of amides is 1. The summed E-state index contributed by atoms with van der Waals surface area (Å²) in [5.74, 6) is -0.437. The number of nitrogens with two attached hydrogens (primary N) is 1. The van der Waals surface area contributed by atoms with E-state index in [2.05, 4.69) is 36.3 Å². The quantitative estimate of drug-likeness (QED) is 0.0988. The standard InChI is InChI=1S/C16H22N2O6.C16H21NO3.CH2Cl2.2CH4/c1-15(2,3)9-7-10(16(4,5)13(17)19)12(24-14(20)23-6)8-11(9)18(21)22;1-15(2,3)11-7-8-13(20-14(18)19-6)12(9-11)16(4,5)10-17;2-1-3;;/h7-8H,1-6H3,(H2,17,19);7-9H,1-6H3;1H2;2*1H4. The highest BCUT2D eigenvalue weighted by Crippen LogP contribution is 2.41. The van der Waals surface area contributed by atoms with Crippen LogP contribution in [-0.4, -0.2) is 42.7 Å². The third-order valence-electron chi connectivity index (χ3n) is 6.91. The molecule has 276 valence electrons. The van der Waals surface area contributed by atoms with Crippen molar-refractivity contribution in [1.82, 2.24) is 0 Å². The Kier molecular flexibility index (Phi) is 19.9. The Morgan fingerprint density at radius 3 is 1.59 bits per heavy atom. The maximum absolute atomic E-state index is 11.8. The number of hydrogen-bond acceptors (Lipinski definition) is 10. The third-order valence-corrected chi connectivity index (χ3v) is 6.91. The molecule has 12 nitrogen and oxygen atoms in total. The number of methoxy groups -OCH3 is 2. The van der Waals surface area contributed by atoms with Crippen LogP contribution in [-0.2, 0) is 35.9 Å². The van der Waals surface area contributed by atoms with Gasteiger partial charge >= 0.3 is 12.3 Å². The Bertz CT molecular complexity index is 1490. The summed E-state index contributed by atoms with van der Waals surface area (Å²) in [7, 11) is 2.36. The summed E-state index contributed by atoms with van der Waals surface area (Å²) in [4.78, 5) is 45.4. The van der Waals surface area contributed by atoms with Crippen molar-refractivity contribution < 1.29 is 38.3 Å². The lowest BCUT2D eigenvalue weighted by Crippen LogP contribution is -2.36. The van der Waals surface area contributed by atoms with E-state index < -0.39 is 39.4 Å². The Labute approximate surface area is 301 Å². The summed E-state index contributed by atoms with van der Waals surface area (Å²) in [6.07, 6.45) is -1.84. The highest BCUT2D eigenvalue weighted by Gasteiger charge is 2.36. The number of primary amides is 1. The first kappa shape index (κ1) is 49.3. The maximum atomic E-state index is 11.8. The molecular weight excluding hydrogens is 677 g/mol. The molecule has 49 heavy (non-hydrogen) atoms. The van der Waals surface area contributed by atoms with Crippen LogP contribution in [0.2, 0.25) is 0 Å². The lowest BCUT2D eigenvalue weighted by molar-refractivity contribution is -0.386. The molecule has 14 heteroatoms. The Balaban J connectivity index is -0.000000779. The van der Waals surface area contributed by atoms with Crippen molar-refractivity contribution in [3.05, 3.63) is 62.7 Å². The highest BCUT2D eigenvalue weighted by atomic mass is 35.5. The van der Waals surface area contributed by atoms with Gasteiger partial charge in [-0.05, 0) is 62.3 Å². The van der Waals surface area contributed by atoms with E-state index in [1.165, 1.54) is 13.2 Å². The summed E-state index contributed by atoms with van der Waals surface area (Å²) < 4.78 is 19.1. The van der Waals surface area contributed by atoms with Gasteiger partial charge in [-0.15, -0.1) is 23.2 Å². The molecule has 0 aliphatic rings. The topological polar surface area (TPSA) is 181 Å². The molecule has 0 spiro atoms. The van der Waals surface area contributed by atoms with Crippen LogP contribution in [0.3, 0.4) is 0 Å². The van der Waals surface area contributed by atoms with E-state index in [1.807, 2.05) is 12.1 Å². The smallest absolute Gasteiger partial charge is 0.437 e. The number of rotatable bonds is 6. The normalized spacial score (nSPS) is 10.9. The maximum Gasteiger partial charge on any atom is 0.513 e. The van der Waals surface area contributed by atoms with Crippen molar-refractivity contribution >= 4 is 47.1 Å². The van der Waals surface area contributed by atoms with Gasteiger partial charge in [0.25, 0.3) is 5.69 Å². The molecule has 0 aliphatic heterocycles. The monoisotopic (exact) mass is 729 g/mol. The molecule has 0 heterocycles. The number of nitriles is 1. The lowest BCUT2D eigenvalue weighted by Gasteiger charge is -2.27. The van der Waals surface area contributed by atoms with Crippen molar-refractivity contribution in [1.29, 1.82) is 5.26 Å². The molecule has 0 aromatic heterocycles. The molecule has 0 atom stereocenters. The van der Waals surface area contributed by atoms with Gasteiger partial charge in [0.2, 0.25) is 5.91 Å². The van der Waals surface area contributed by atoms with Crippen molar-refractivity contribution in [3.63, 3.8) is 0 Å². The molecule has 0 radical (unpaired) electrons. The van der Waals surface area contributed by atoms with E-state index in [1.54, 1.807) is 54.5 Å². The third kappa shape index (κ3) is 14.1. The molecule has 2 rings (SSSR count). The molecular formula is C35H53Cl2N3O9. The molecule has 0 unspecified atom stereocenters. The van der Waals surface area contributed by atoms with Crippen LogP contribution in [0.15, 0.2) is 30.3 Å². The minimum absolute atomic E-state index is 0. The molecule has 2 aromatic rings. The predicted octanol–water partition coefficient (Wildman–Crippen LogP) is 9.42. The number of carbonyl (C=O) groups is 3. The van der Waals surface area contributed by atoms with E-state index in [0.29, 0.717) is 16.9 Å². The van der Waals surface area contributed by atoms with E-state index in [9.17, 15) is 29.8 Å². The number of benzene rings is 2. The van der Waals surface area contributed by atoms with Gasteiger partial charge in [0.15, 0.2) is 0 Å². The zero-order valence-electron chi connectivity index (χ0n) is 29.0. The molecule has 0 bridgehead atoms. The van der Waals surface area contributed by atoms with Gasteiger partial charge in [0, 0.05) is 16.7 Å². The molecule has 2 aromatic carbocycles. The molecule has 0 saturated carbocycles. The number of carbonyl (C=O) groups excluding carboxylic acids is 3. The number of ether oxygens (including phenoxy) is 4. The van der Waals surface area contributed by atoms with Crippen molar-refractivity contribution in [2.75, 3.05) is 19.6 Å². The van der Waals surface area contributed by atoms with Crippen molar-refractivity contribution in [2.45, 2.75) is 106 Å². The SMILES string of the molecule is C.C.COC(=O)Oc1cc([N+](=O)[O-])c(C(C)(C)C)cc1C(C)(C)C(N)=O.COC(=O)Oc1ccc(C(C)(C)C)cc1C(C)(C)C#N.ClCCl. The van der Waals surface area contributed by atoms with Crippen molar-refractivity contribution in [2.24, 2.45) is 5.73 Å². The first-order valence-electron chi connectivity index (χ1n) is 14.2. The summed E-state index contributed by atoms with van der Waals surface area (Å²) in [6, 6.07) is 10.4. The summed E-state index contributed by atoms with van der Waals surface area (Å²) in [6.45, 7) is 18.4. The molecule has 0 fully saturated rings. The number of nitro benzene ring substituents is 1. The Morgan fingerprint density at radius 2 is 1.24 bits per heavy atom. The minimum atomic E-state index is -1.21. The fraction of sp³-hybridized carbons (Fsp3) is 0.543. The average molecular weight is 731 g/mol. The van der Waals surface area contributed by atoms with Crippen LogP contribution in [0.5, 0.6) is 11.5 Å². The zero-order valence-corrected chi connectivity index (χ0v) is 30.5. The lowest BCUT2D eigenvalue weighted by atomic mass is 9.78. The van der Waals surface area contributed by atoms with Gasteiger partial charge in [-0.2, -0.15) is 5.26 Å². The van der Waals surface area contributed by atoms with E-state index in [-0.39, 0.29) is 42.6 Å². The highest BCUT2D eigenvalue weighted by molar-refractivity contribution is 6.40.